The monoisotopic (exact) mass is 302 g/mol. The van der Waals surface area contributed by atoms with Gasteiger partial charge < -0.3 is 10.2 Å². The Balaban J connectivity index is 3.43. The Kier molecular flexibility index (Phi) is 15.2. The van der Waals surface area contributed by atoms with Crippen molar-refractivity contribution in [3.05, 3.63) is 0 Å². The third-order valence-electron chi connectivity index (χ3n) is 3.53. The second kappa shape index (κ2) is 15.7. The maximum absolute atomic E-state index is 11.7. The lowest BCUT2D eigenvalue weighted by Gasteiger charge is -2.21. The van der Waals surface area contributed by atoms with E-state index in [9.17, 15) is 4.79 Å². The zero-order chi connectivity index (χ0) is 15.8. The van der Waals surface area contributed by atoms with Gasteiger partial charge in [-0.1, -0.05) is 58.3 Å². The number of aliphatic hydroxyl groups is 2. The van der Waals surface area contributed by atoms with Crippen LogP contribution >= 0.6 is 0 Å². The molecule has 0 aliphatic rings. The number of amides is 1. The Hall–Kier alpha value is -0.650. The lowest BCUT2D eigenvalue weighted by molar-refractivity contribution is -0.126. The van der Waals surface area contributed by atoms with E-state index in [1.54, 1.807) is 5.01 Å². The molecule has 0 fully saturated rings. The van der Waals surface area contributed by atoms with Crippen LogP contribution in [0.25, 0.3) is 0 Å². The number of hydrazine groups is 1. The highest BCUT2D eigenvalue weighted by molar-refractivity contribution is 5.75. The zero-order valence-electron chi connectivity index (χ0n) is 13.6. The molecule has 0 saturated heterocycles. The highest BCUT2D eigenvalue weighted by Gasteiger charge is 2.07. The van der Waals surface area contributed by atoms with E-state index < -0.39 is 0 Å². The van der Waals surface area contributed by atoms with E-state index in [1.165, 1.54) is 44.9 Å². The Morgan fingerprint density at radius 1 is 0.857 bits per heavy atom. The van der Waals surface area contributed by atoms with Crippen molar-refractivity contribution < 1.29 is 15.0 Å². The van der Waals surface area contributed by atoms with Gasteiger partial charge in [0.15, 0.2) is 0 Å². The minimum absolute atomic E-state index is 0.0279. The summed E-state index contributed by atoms with van der Waals surface area (Å²) in [5.74, 6) is -0.0279. The summed E-state index contributed by atoms with van der Waals surface area (Å²) in [6.07, 6.45) is 11.6. The van der Waals surface area contributed by atoms with Crippen LogP contribution in [0.1, 0.15) is 71.1 Å². The van der Waals surface area contributed by atoms with Crippen LogP contribution in [0, 0.1) is 0 Å². The minimum atomic E-state index is -0.0295. The molecule has 0 spiro atoms. The third kappa shape index (κ3) is 14.1. The van der Waals surface area contributed by atoms with Gasteiger partial charge in [0.2, 0.25) is 5.91 Å². The molecule has 1 amide bonds. The lowest BCUT2D eigenvalue weighted by Crippen LogP contribution is -2.45. The summed E-state index contributed by atoms with van der Waals surface area (Å²) in [5.41, 5.74) is 2.72. The predicted octanol–water partition coefficient (Wildman–Crippen LogP) is 2.23. The Morgan fingerprint density at radius 3 is 1.81 bits per heavy atom. The van der Waals surface area contributed by atoms with Crippen molar-refractivity contribution in [1.82, 2.24) is 10.4 Å². The molecular weight excluding hydrogens is 268 g/mol. The largest absolute Gasteiger partial charge is 0.395 e. The molecule has 0 unspecified atom stereocenters. The molecule has 5 heteroatoms. The van der Waals surface area contributed by atoms with Crippen LogP contribution in [0.3, 0.4) is 0 Å². The van der Waals surface area contributed by atoms with Crippen molar-refractivity contribution in [2.24, 2.45) is 0 Å². The molecule has 0 aromatic heterocycles. The van der Waals surface area contributed by atoms with Gasteiger partial charge in [-0.25, -0.2) is 5.01 Å². The van der Waals surface area contributed by atoms with Crippen molar-refractivity contribution >= 4 is 5.91 Å². The summed E-state index contributed by atoms with van der Waals surface area (Å²) in [4.78, 5) is 11.7. The van der Waals surface area contributed by atoms with E-state index in [0.29, 0.717) is 19.5 Å². The Bertz CT molecular complexity index is 232. The summed E-state index contributed by atoms with van der Waals surface area (Å²) in [6, 6.07) is 0. The van der Waals surface area contributed by atoms with Crippen molar-refractivity contribution in [1.29, 1.82) is 0 Å². The van der Waals surface area contributed by atoms with Crippen LogP contribution in [0.2, 0.25) is 0 Å². The Morgan fingerprint density at radius 2 is 1.33 bits per heavy atom. The zero-order valence-corrected chi connectivity index (χ0v) is 13.6. The fraction of sp³-hybridized carbons (Fsp3) is 0.938. The second-order valence-corrected chi connectivity index (χ2v) is 5.55. The molecule has 0 radical (unpaired) electrons. The van der Waals surface area contributed by atoms with E-state index in [1.807, 2.05) is 0 Å². The first-order valence-electron chi connectivity index (χ1n) is 8.50. The van der Waals surface area contributed by atoms with Gasteiger partial charge in [0.25, 0.3) is 0 Å². The van der Waals surface area contributed by atoms with Gasteiger partial charge in [-0.2, -0.15) is 0 Å². The topological polar surface area (TPSA) is 72.8 Å². The molecule has 21 heavy (non-hydrogen) atoms. The van der Waals surface area contributed by atoms with E-state index in [0.717, 1.165) is 12.8 Å². The number of carbonyl (C=O) groups is 1. The first-order chi connectivity index (χ1) is 10.2. The van der Waals surface area contributed by atoms with Gasteiger partial charge in [0.1, 0.15) is 0 Å². The molecule has 0 rings (SSSR count). The van der Waals surface area contributed by atoms with Crippen molar-refractivity contribution in [3.63, 3.8) is 0 Å². The third-order valence-corrected chi connectivity index (χ3v) is 3.53. The minimum Gasteiger partial charge on any atom is -0.395 e. The average Bonchev–Trinajstić information content (AvgIpc) is 2.46. The first kappa shape index (κ1) is 20.3. The molecule has 0 aliphatic carbocycles. The van der Waals surface area contributed by atoms with E-state index in [2.05, 4.69) is 12.3 Å². The normalized spacial score (nSPS) is 11.0. The SMILES string of the molecule is CCCCCCCCCCCC(=O)NN(CCO)CCO. The maximum Gasteiger partial charge on any atom is 0.234 e. The molecule has 0 saturated carbocycles. The van der Waals surface area contributed by atoms with Gasteiger partial charge in [0, 0.05) is 19.5 Å². The molecule has 0 aliphatic heterocycles. The number of aliphatic hydroxyl groups excluding tert-OH is 2. The van der Waals surface area contributed by atoms with Crippen LogP contribution in [0.4, 0.5) is 0 Å². The van der Waals surface area contributed by atoms with Crippen molar-refractivity contribution in [2.45, 2.75) is 71.1 Å². The van der Waals surface area contributed by atoms with E-state index >= 15 is 0 Å². The van der Waals surface area contributed by atoms with Crippen molar-refractivity contribution in [2.75, 3.05) is 26.3 Å². The number of hydrogen-bond acceptors (Lipinski definition) is 4. The lowest BCUT2D eigenvalue weighted by atomic mass is 10.1. The molecule has 0 atom stereocenters. The summed E-state index contributed by atoms with van der Waals surface area (Å²) < 4.78 is 0. The molecule has 0 aromatic carbocycles. The van der Waals surface area contributed by atoms with Crippen molar-refractivity contribution in [3.8, 4) is 0 Å². The first-order valence-corrected chi connectivity index (χ1v) is 8.50. The van der Waals surface area contributed by atoms with Gasteiger partial charge >= 0.3 is 0 Å². The van der Waals surface area contributed by atoms with Crippen LogP contribution in [0.5, 0.6) is 0 Å². The average molecular weight is 302 g/mol. The molecule has 3 N–H and O–H groups in total. The summed E-state index contributed by atoms with van der Waals surface area (Å²) in [6.45, 7) is 2.87. The maximum atomic E-state index is 11.7. The standard InChI is InChI=1S/C16H34N2O3/c1-2-3-4-5-6-7-8-9-10-11-16(21)17-18(12-14-19)13-15-20/h19-20H,2-15H2,1H3,(H,17,21). The fourth-order valence-corrected chi connectivity index (χ4v) is 2.29. The number of nitrogens with zero attached hydrogens (tertiary/aromatic N) is 1. The molecule has 0 bridgehead atoms. The summed E-state index contributed by atoms with van der Waals surface area (Å²) in [7, 11) is 0. The number of hydrogen-bond donors (Lipinski definition) is 3. The number of rotatable bonds is 15. The molecule has 5 nitrogen and oxygen atoms in total. The number of carbonyl (C=O) groups excluding carboxylic acids is 1. The molecule has 0 heterocycles. The van der Waals surface area contributed by atoms with Gasteiger partial charge in [-0.3, -0.25) is 10.2 Å². The quantitative estimate of drug-likeness (QED) is 0.320. The summed E-state index contributed by atoms with van der Waals surface area (Å²) in [5, 5.41) is 19.3. The summed E-state index contributed by atoms with van der Waals surface area (Å²) >= 11 is 0. The number of nitrogens with one attached hydrogen (secondary N) is 1. The smallest absolute Gasteiger partial charge is 0.234 e. The van der Waals surface area contributed by atoms with Crippen LogP contribution in [-0.4, -0.2) is 47.4 Å². The molecule has 126 valence electrons. The van der Waals surface area contributed by atoms with E-state index in [4.69, 9.17) is 10.2 Å². The van der Waals surface area contributed by atoms with Crippen LogP contribution in [-0.2, 0) is 4.79 Å². The predicted molar refractivity (Wildman–Crippen MR) is 85.7 cm³/mol. The second-order valence-electron chi connectivity index (χ2n) is 5.55. The highest BCUT2D eigenvalue weighted by Crippen LogP contribution is 2.10. The molecular formula is C16H34N2O3. The van der Waals surface area contributed by atoms with Crippen LogP contribution < -0.4 is 5.43 Å². The van der Waals surface area contributed by atoms with E-state index in [-0.39, 0.29) is 19.1 Å². The fourth-order valence-electron chi connectivity index (χ4n) is 2.29. The highest BCUT2D eigenvalue weighted by atomic mass is 16.3. The van der Waals surface area contributed by atoms with Gasteiger partial charge in [-0.05, 0) is 6.42 Å². The Labute approximate surface area is 129 Å². The van der Waals surface area contributed by atoms with Crippen LogP contribution in [0.15, 0.2) is 0 Å². The van der Waals surface area contributed by atoms with Gasteiger partial charge in [0.05, 0.1) is 13.2 Å². The molecule has 0 aromatic rings. The number of unbranched alkanes of at least 4 members (excludes halogenated alkanes) is 8. The van der Waals surface area contributed by atoms with Gasteiger partial charge in [-0.15, -0.1) is 0 Å².